The maximum Gasteiger partial charge on any atom is 0.332 e. The maximum atomic E-state index is 12.5. The third-order valence-corrected chi connectivity index (χ3v) is 4.56. The molecule has 10 nitrogen and oxygen atoms in total. The summed E-state index contributed by atoms with van der Waals surface area (Å²) in [6.45, 7) is 1.01. The highest BCUT2D eigenvalue weighted by Gasteiger charge is 2.17. The third-order valence-electron chi connectivity index (χ3n) is 4.56. The summed E-state index contributed by atoms with van der Waals surface area (Å²) in [7, 11) is 2.92. The van der Waals surface area contributed by atoms with Crippen molar-refractivity contribution >= 4 is 22.8 Å². The van der Waals surface area contributed by atoms with Crippen LogP contribution in [0.3, 0.4) is 0 Å². The lowest BCUT2D eigenvalue weighted by Crippen LogP contribution is -2.37. The van der Waals surface area contributed by atoms with Gasteiger partial charge < -0.3 is 19.4 Å². The number of fused-ring (bicyclic) bond motifs is 2. The molecular formula is C18H19N5O5. The summed E-state index contributed by atoms with van der Waals surface area (Å²) in [4.78, 5) is 41.0. The second-order valence-corrected chi connectivity index (χ2v) is 6.51. The summed E-state index contributed by atoms with van der Waals surface area (Å²) in [6, 6.07) is 5.17. The SMILES string of the molecule is Cn1c(=O)c2c(ncn2CC(=O)Nc2ccc3c(c2)OCCCO3)n(C)c1=O. The highest BCUT2D eigenvalue weighted by Crippen LogP contribution is 2.32. The van der Waals surface area contributed by atoms with Crippen LogP contribution in [0.15, 0.2) is 34.1 Å². The minimum atomic E-state index is -0.501. The van der Waals surface area contributed by atoms with Gasteiger partial charge in [-0.1, -0.05) is 0 Å². The molecule has 146 valence electrons. The number of carbonyl (C=O) groups is 1. The van der Waals surface area contributed by atoms with Gasteiger partial charge in [-0.05, 0) is 12.1 Å². The second-order valence-electron chi connectivity index (χ2n) is 6.51. The summed E-state index contributed by atoms with van der Waals surface area (Å²) in [5, 5.41) is 2.78. The number of ether oxygens (including phenoxy) is 2. The number of aromatic nitrogens is 4. The van der Waals surface area contributed by atoms with E-state index >= 15 is 0 Å². The summed E-state index contributed by atoms with van der Waals surface area (Å²) >= 11 is 0. The smallest absolute Gasteiger partial charge is 0.332 e. The van der Waals surface area contributed by atoms with E-state index in [1.165, 1.54) is 29.6 Å². The van der Waals surface area contributed by atoms with E-state index in [9.17, 15) is 14.4 Å². The maximum absolute atomic E-state index is 12.5. The topological polar surface area (TPSA) is 109 Å². The van der Waals surface area contributed by atoms with Crippen molar-refractivity contribution in [1.82, 2.24) is 18.7 Å². The van der Waals surface area contributed by atoms with Crippen molar-refractivity contribution in [3.8, 4) is 11.5 Å². The zero-order valence-electron chi connectivity index (χ0n) is 15.5. The second kappa shape index (κ2) is 6.87. The van der Waals surface area contributed by atoms with Gasteiger partial charge in [0.25, 0.3) is 5.56 Å². The fourth-order valence-corrected chi connectivity index (χ4v) is 3.11. The van der Waals surface area contributed by atoms with Gasteiger partial charge >= 0.3 is 5.69 Å². The molecule has 1 aromatic carbocycles. The van der Waals surface area contributed by atoms with Crippen molar-refractivity contribution in [2.45, 2.75) is 13.0 Å². The van der Waals surface area contributed by atoms with E-state index < -0.39 is 11.2 Å². The van der Waals surface area contributed by atoms with E-state index in [1.807, 2.05) is 0 Å². The molecule has 3 heterocycles. The standard InChI is InChI=1S/C18H19N5O5/c1-21-16-15(17(25)22(2)18(21)26)23(10-19-16)9-14(24)20-11-4-5-12-13(8-11)28-7-3-6-27-12/h4-5,8,10H,3,6-7,9H2,1-2H3,(H,20,24). The average Bonchev–Trinajstić information content (AvgIpc) is 2.94. The van der Waals surface area contributed by atoms with E-state index in [0.717, 1.165) is 11.0 Å². The molecular weight excluding hydrogens is 366 g/mol. The Kier molecular flexibility index (Phi) is 4.38. The molecule has 0 saturated heterocycles. The van der Waals surface area contributed by atoms with Crippen LogP contribution in [-0.2, 0) is 25.4 Å². The Bertz CT molecular complexity index is 1190. The quantitative estimate of drug-likeness (QED) is 0.691. The van der Waals surface area contributed by atoms with Gasteiger partial charge in [-0.25, -0.2) is 9.78 Å². The number of hydrogen-bond acceptors (Lipinski definition) is 6. The number of imidazole rings is 1. The van der Waals surface area contributed by atoms with Crippen LogP contribution in [0.4, 0.5) is 5.69 Å². The van der Waals surface area contributed by atoms with Gasteiger partial charge in [0, 0.05) is 32.3 Å². The van der Waals surface area contributed by atoms with Crippen molar-refractivity contribution in [3.05, 3.63) is 45.4 Å². The van der Waals surface area contributed by atoms with Gasteiger partial charge in [0.2, 0.25) is 5.91 Å². The van der Waals surface area contributed by atoms with Gasteiger partial charge in [0.15, 0.2) is 22.7 Å². The first-order valence-corrected chi connectivity index (χ1v) is 8.76. The third kappa shape index (κ3) is 3.02. The zero-order valence-corrected chi connectivity index (χ0v) is 15.5. The van der Waals surface area contributed by atoms with Gasteiger partial charge in [-0.3, -0.25) is 18.7 Å². The lowest BCUT2D eigenvalue weighted by Gasteiger charge is -2.11. The van der Waals surface area contributed by atoms with Crippen molar-refractivity contribution in [3.63, 3.8) is 0 Å². The normalized spacial score (nSPS) is 13.4. The number of nitrogens with zero attached hydrogens (tertiary/aromatic N) is 4. The molecule has 0 aliphatic carbocycles. The molecule has 0 unspecified atom stereocenters. The lowest BCUT2D eigenvalue weighted by atomic mass is 10.2. The van der Waals surface area contributed by atoms with Crippen molar-refractivity contribution in [1.29, 1.82) is 0 Å². The molecule has 0 atom stereocenters. The summed E-state index contributed by atoms with van der Waals surface area (Å²) in [6.07, 6.45) is 2.17. The summed E-state index contributed by atoms with van der Waals surface area (Å²) < 4.78 is 14.9. The van der Waals surface area contributed by atoms with Crippen LogP contribution < -0.4 is 26.0 Å². The predicted molar refractivity (Wildman–Crippen MR) is 101 cm³/mol. The molecule has 0 fully saturated rings. The first-order chi connectivity index (χ1) is 13.5. The number of anilines is 1. The van der Waals surface area contributed by atoms with Crippen LogP contribution in [-0.4, -0.2) is 37.8 Å². The van der Waals surface area contributed by atoms with Crippen LogP contribution in [0.25, 0.3) is 11.2 Å². The summed E-state index contributed by atoms with van der Waals surface area (Å²) in [5.74, 6) is 0.873. The fraction of sp³-hybridized carbons (Fsp3) is 0.333. The number of benzene rings is 1. The molecule has 0 spiro atoms. The van der Waals surface area contributed by atoms with Crippen molar-refractivity contribution < 1.29 is 14.3 Å². The monoisotopic (exact) mass is 385 g/mol. The highest BCUT2D eigenvalue weighted by molar-refractivity contribution is 5.91. The molecule has 1 N–H and O–H groups in total. The summed E-state index contributed by atoms with van der Waals surface area (Å²) in [5.41, 5.74) is 0.00671. The number of rotatable bonds is 3. The fourth-order valence-electron chi connectivity index (χ4n) is 3.11. The van der Waals surface area contributed by atoms with Crippen LogP contribution in [0.1, 0.15) is 6.42 Å². The minimum Gasteiger partial charge on any atom is -0.490 e. The van der Waals surface area contributed by atoms with E-state index in [-0.39, 0.29) is 23.6 Å². The number of amides is 1. The molecule has 3 aromatic rings. The Morgan fingerprint density at radius 3 is 2.68 bits per heavy atom. The lowest BCUT2D eigenvalue weighted by molar-refractivity contribution is -0.116. The number of hydrogen-bond donors (Lipinski definition) is 1. The molecule has 1 aliphatic rings. The van der Waals surface area contributed by atoms with Gasteiger partial charge in [0.05, 0.1) is 19.5 Å². The molecule has 1 amide bonds. The van der Waals surface area contributed by atoms with E-state index in [0.29, 0.717) is 30.4 Å². The van der Waals surface area contributed by atoms with E-state index in [4.69, 9.17) is 9.47 Å². The molecule has 0 radical (unpaired) electrons. The van der Waals surface area contributed by atoms with Crippen LogP contribution in [0.2, 0.25) is 0 Å². The Morgan fingerprint density at radius 1 is 1.14 bits per heavy atom. The number of nitrogens with one attached hydrogen (secondary N) is 1. The molecule has 4 rings (SSSR count). The van der Waals surface area contributed by atoms with Crippen molar-refractivity contribution in [2.75, 3.05) is 18.5 Å². The average molecular weight is 385 g/mol. The minimum absolute atomic E-state index is 0.127. The number of aryl methyl sites for hydroxylation is 1. The van der Waals surface area contributed by atoms with E-state index in [1.54, 1.807) is 18.2 Å². The molecule has 1 aliphatic heterocycles. The molecule has 10 heteroatoms. The molecule has 2 aromatic heterocycles. The van der Waals surface area contributed by atoms with Crippen molar-refractivity contribution in [2.24, 2.45) is 14.1 Å². The van der Waals surface area contributed by atoms with Crippen LogP contribution >= 0.6 is 0 Å². The Hall–Kier alpha value is -3.56. The highest BCUT2D eigenvalue weighted by atomic mass is 16.5. The number of carbonyl (C=O) groups excluding carboxylic acids is 1. The first-order valence-electron chi connectivity index (χ1n) is 8.76. The Morgan fingerprint density at radius 2 is 1.89 bits per heavy atom. The van der Waals surface area contributed by atoms with Crippen LogP contribution in [0, 0.1) is 0 Å². The first kappa shape index (κ1) is 17.8. The predicted octanol–water partition coefficient (Wildman–Crippen LogP) is 0.234. The van der Waals surface area contributed by atoms with E-state index in [2.05, 4.69) is 10.3 Å². The van der Waals surface area contributed by atoms with Gasteiger partial charge in [0.1, 0.15) is 6.54 Å². The molecule has 0 saturated carbocycles. The molecule has 0 bridgehead atoms. The largest absolute Gasteiger partial charge is 0.490 e. The zero-order chi connectivity index (χ0) is 19.8. The van der Waals surface area contributed by atoms with Crippen LogP contribution in [0.5, 0.6) is 11.5 Å². The molecule has 28 heavy (non-hydrogen) atoms. The van der Waals surface area contributed by atoms with Gasteiger partial charge in [-0.2, -0.15) is 0 Å². The Balaban J connectivity index is 1.59. The Labute approximate surface area is 158 Å². The van der Waals surface area contributed by atoms with Gasteiger partial charge in [-0.15, -0.1) is 0 Å².